The van der Waals surface area contributed by atoms with E-state index in [4.69, 9.17) is 0 Å². The van der Waals surface area contributed by atoms with Gasteiger partial charge >= 0.3 is 0 Å². The molecule has 2 rings (SSSR count). The predicted molar refractivity (Wildman–Crippen MR) is 58.2 cm³/mol. The maximum atomic E-state index is 9.64. The summed E-state index contributed by atoms with van der Waals surface area (Å²) >= 11 is 0. The molecule has 0 saturated carbocycles. The molecule has 0 aromatic heterocycles. The van der Waals surface area contributed by atoms with Gasteiger partial charge in [0.2, 0.25) is 0 Å². The maximum absolute atomic E-state index is 9.64. The molecule has 0 aliphatic heterocycles. The zero-order valence-electron chi connectivity index (χ0n) is 8.66. The molecule has 0 fully saturated rings. The van der Waals surface area contributed by atoms with Crippen molar-refractivity contribution in [3.05, 3.63) is 41.8 Å². The van der Waals surface area contributed by atoms with Gasteiger partial charge in [-0.05, 0) is 48.8 Å². The molecule has 1 aromatic rings. The minimum absolute atomic E-state index is 0.151. The highest BCUT2D eigenvalue weighted by Crippen LogP contribution is 2.28. The lowest BCUT2D eigenvalue weighted by atomic mass is 9.83. The number of aliphatic hydroxyl groups is 1. The quantitative estimate of drug-likeness (QED) is 0.719. The fraction of sp³-hybridized carbons (Fsp3) is 0.462. The van der Waals surface area contributed by atoms with E-state index in [1.54, 1.807) is 0 Å². The molecule has 1 aliphatic carbocycles. The molecule has 0 saturated heterocycles. The summed E-state index contributed by atoms with van der Waals surface area (Å²) in [6, 6.07) is 6.41. The Hall–Kier alpha value is -0.820. The van der Waals surface area contributed by atoms with E-state index >= 15 is 0 Å². The second-order valence-electron chi connectivity index (χ2n) is 4.28. The van der Waals surface area contributed by atoms with Crippen molar-refractivity contribution < 1.29 is 5.11 Å². The van der Waals surface area contributed by atoms with E-state index in [0.717, 1.165) is 19.3 Å². The minimum Gasteiger partial charge on any atom is -0.393 e. The molecule has 1 aliphatic rings. The van der Waals surface area contributed by atoms with Gasteiger partial charge in [-0.2, -0.15) is 0 Å². The van der Waals surface area contributed by atoms with Crippen LogP contribution in [-0.4, -0.2) is 11.2 Å². The molecule has 1 heteroatoms. The number of aryl methyl sites for hydroxylation is 1. The van der Waals surface area contributed by atoms with E-state index in [9.17, 15) is 5.11 Å². The normalized spacial score (nSPS) is 21.0. The van der Waals surface area contributed by atoms with Crippen molar-refractivity contribution in [2.75, 3.05) is 0 Å². The molecule has 75 valence electrons. The van der Waals surface area contributed by atoms with Gasteiger partial charge in [-0.3, -0.25) is 0 Å². The van der Waals surface area contributed by atoms with E-state index in [-0.39, 0.29) is 6.10 Å². The highest BCUT2D eigenvalue weighted by molar-refractivity contribution is 5.39. The molecule has 1 N–H and O–H groups in total. The Morgan fingerprint density at radius 2 is 2.29 bits per heavy atom. The van der Waals surface area contributed by atoms with Crippen molar-refractivity contribution >= 4 is 0 Å². The number of benzene rings is 1. The van der Waals surface area contributed by atoms with Crippen LogP contribution in [0.5, 0.6) is 0 Å². The van der Waals surface area contributed by atoms with Crippen molar-refractivity contribution in [3.8, 4) is 0 Å². The molecule has 1 radical (unpaired) electrons. The van der Waals surface area contributed by atoms with E-state index in [1.165, 1.54) is 16.7 Å². The number of aliphatic hydroxyl groups excluding tert-OH is 1. The molecule has 0 amide bonds. The average Bonchev–Trinajstić information content (AvgIpc) is 2.16. The number of fused-ring (bicyclic) bond motifs is 1. The van der Waals surface area contributed by atoms with E-state index < -0.39 is 0 Å². The van der Waals surface area contributed by atoms with Gasteiger partial charge in [-0.15, -0.1) is 0 Å². The Morgan fingerprint density at radius 3 is 3.00 bits per heavy atom. The van der Waals surface area contributed by atoms with Crippen LogP contribution in [0.25, 0.3) is 0 Å². The summed E-state index contributed by atoms with van der Waals surface area (Å²) in [5, 5.41) is 9.64. The van der Waals surface area contributed by atoms with Gasteiger partial charge in [0.15, 0.2) is 0 Å². The van der Waals surface area contributed by atoms with Gasteiger partial charge in [0.05, 0.1) is 6.10 Å². The van der Waals surface area contributed by atoms with Gasteiger partial charge in [0, 0.05) is 0 Å². The molecular weight excluding hydrogens is 172 g/mol. The van der Waals surface area contributed by atoms with Crippen LogP contribution in [0.2, 0.25) is 0 Å². The fourth-order valence-electron chi connectivity index (χ4n) is 2.26. The summed E-state index contributed by atoms with van der Waals surface area (Å²) in [6.07, 6.45) is 2.58. The van der Waals surface area contributed by atoms with Crippen LogP contribution >= 0.6 is 0 Å². The van der Waals surface area contributed by atoms with Gasteiger partial charge in [-0.25, -0.2) is 0 Å². The van der Waals surface area contributed by atoms with Crippen molar-refractivity contribution in [2.45, 2.75) is 38.2 Å². The lowest BCUT2D eigenvalue weighted by Crippen LogP contribution is -2.20. The van der Waals surface area contributed by atoms with E-state index in [0.29, 0.717) is 5.92 Å². The highest BCUT2D eigenvalue weighted by atomic mass is 16.3. The largest absolute Gasteiger partial charge is 0.393 e. The van der Waals surface area contributed by atoms with Crippen molar-refractivity contribution in [1.82, 2.24) is 0 Å². The van der Waals surface area contributed by atoms with Crippen molar-refractivity contribution in [2.24, 2.45) is 0 Å². The Kier molecular flexibility index (Phi) is 2.60. The van der Waals surface area contributed by atoms with E-state index in [1.807, 2.05) is 0 Å². The zero-order chi connectivity index (χ0) is 10.1. The Labute approximate surface area is 85.8 Å². The van der Waals surface area contributed by atoms with Gasteiger partial charge in [0.1, 0.15) is 0 Å². The molecule has 2 atom stereocenters. The third-order valence-electron chi connectivity index (χ3n) is 3.03. The monoisotopic (exact) mass is 189 g/mol. The Morgan fingerprint density at radius 1 is 1.50 bits per heavy atom. The Balaban J connectivity index is 2.43. The SMILES string of the molecule is [CH2]C(C)c1cccc2c1CC(O)CC2. The summed E-state index contributed by atoms with van der Waals surface area (Å²) in [5.74, 6) is 0.315. The average molecular weight is 189 g/mol. The molecule has 14 heavy (non-hydrogen) atoms. The van der Waals surface area contributed by atoms with Crippen molar-refractivity contribution in [1.29, 1.82) is 0 Å². The molecule has 0 heterocycles. The molecular formula is C13H17O. The third-order valence-corrected chi connectivity index (χ3v) is 3.03. The smallest absolute Gasteiger partial charge is 0.0583 e. The first-order chi connectivity index (χ1) is 6.68. The number of rotatable bonds is 1. The topological polar surface area (TPSA) is 20.2 Å². The summed E-state index contributed by atoms with van der Waals surface area (Å²) in [4.78, 5) is 0. The zero-order valence-corrected chi connectivity index (χ0v) is 8.66. The molecule has 1 aromatic carbocycles. The summed E-state index contributed by atoms with van der Waals surface area (Å²) in [6.45, 7) is 6.17. The van der Waals surface area contributed by atoms with Crippen LogP contribution in [0.1, 0.15) is 36.0 Å². The summed E-state index contributed by atoms with van der Waals surface area (Å²) in [7, 11) is 0. The number of hydrogen-bond acceptors (Lipinski definition) is 1. The first-order valence-corrected chi connectivity index (χ1v) is 5.30. The minimum atomic E-state index is -0.151. The van der Waals surface area contributed by atoms with Crippen LogP contribution in [0.4, 0.5) is 0 Å². The molecule has 2 unspecified atom stereocenters. The van der Waals surface area contributed by atoms with Crippen LogP contribution in [0.15, 0.2) is 18.2 Å². The van der Waals surface area contributed by atoms with Crippen LogP contribution in [0.3, 0.4) is 0 Å². The first-order valence-electron chi connectivity index (χ1n) is 5.30. The van der Waals surface area contributed by atoms with Gasteiger partial charge in [-0.1, -0.05) is 25.1 Å². The lowest BCUT2D eigenvalue weighted by Gasteiger charge is -2.24. The van der Waals surface area contributed by atoms with Crippen LogP contribution in [0, 0.1) is 6.92 Å². The van der Waals surface area contributed by atoms with Crippen LogP contribution < -0.4 is 0 Å². The van der Waals surface area contributed by atoms with Gasteiger partial charge < -0.3 is 5.11 Å². The van der Waals surface area contributed by atoms with E-state index in [2.05, 4.69) is 32.0 Å². The Bertz CT molecular complexity index is 328. The first kappa shape index (κ1) is 9.72. The molecule has 1 nitrogen and oxygen atoms in total. The maximum Gasteiger partial charge on any atom is 0.0583 e. The second kappa shape index (κ2) is 3.74. The lowest BCUT2D eigenvalue weighted by molar-refractivity contribution is 0.158. The van der Waals surface area contributed by atoms with Crippen molar-refractivity contribution in [3.63, 3.8) is 0 Å². The van der Waals surface area contributed by atoms with Gasteiger partial charge in [0.25, 0.3) is 0 Å². The molecule has 0 bridgehead atoms. The number of hydrogen-bond donors (Lipinski definition) is 1. The summed E-state index contributed by atoms with van der Waals surface area (Å²) < 4.78 is 0. The second-order valence-corrected chi connectivity index (χ2v) is 4.28. The third kappa shape index (κ3) is 1.69. The summed E-state index contributed by atoms with van der Waals surface area (Å²) in [5.41, 5.74) is 4.05. The predicted octanol–water partition coefficient (Wildman–Crippen LogP) is 2.47. The molecule has 0 spiro atoms. The van der Waals surface area contributed by atoms with Crippen LogP contribution in [-0.2, 0) is 12.8 Å². The standard InChI is InChI=1S/C13H17O/c1-9(2)12-5-3-4-10-6-7-11(14)8-13(10)12/h3-5,9,11,14H,1,6-8H2,2H3. The highest BCUT2D eigenvalue weighted by Gasteiger charge is 2.19. The fourth-order valence-corrected chi connectivity index (χ4v) is 2.26.